The number of aliphatic hydroxyl groups is 4. The molecule has 5 saturated heterocycles. The molecule has 5 aliphatic rings. The average molecular weight is 755 g/mol. The Morgan fingerprint density at radius 1 is 0.943 bits per heavy atom. The maximum atomic E-state index is 11.6. The number of carboxylic acids is 1. The molecule has 0 radical (unpaired) electrons. The third-order valence-corrected chi connectivity index (χ3v) is 14.1. The Morgan fingerprint density at radius 2 is 1.62 bits per heavy atom. The minimum Gasteiger partial charge on any atom is -0.481 e. The van der Waals surface area contributed by atoms with Crippen LogP contribution >= 0.6 is 0 Å². The molecule has 5 rings (SSSR count). The number of rotatable bonds is 11. The van der Waals surface area contributed by atoms with Crippen LogP contribution in [0.25, 0.3) is 0 Å². The van der Waals surface area contributed by atoms with E-state index in [1.807, 2.05) is 41.5 Å². The van der Waals surface area contributed by atoms with E-state index in [-0.39, 0.29) is 53.6 Å². The zero-order chi connectivity index (χ0) is 39.4. The van der Waals surface area contributed by atoms with Gasteiger partial charge in [0, 0.05) is 56.0 Å². The predicted molar refractivity (Wildman–Crippen MR) is 196 cm³/mol. The normalized spacial score (nSPS) is 48.9. The minimum absolute atomic E-state index is 0.0141. The molecule has 0 amide bonds. The Kier molecular flexibility index (Phi) is 13.0. The van der Waals surface area contributed by atoms with Crippen molar-refractivity contribution < 1.29 is 58.7 Å². The lowest BCUT2D eigenvalue weighted by molar-refractivity contribution is -0.382. The fourth-order valence-corrected chi connectivity index (χ4v) is 10.6. The van der Waals surface area contributed by atoms with Crippen LogP contribution < -0.4 is 0 Å². The molecule has 5 N–H and O–H groups in total. The third-order valence-electron chi connectivity index (χ3n) is 14.1. The molecule has 5 aliphatic heterocycles. The van der Waals surface area contributed by atoms with Crippen LogP contribution in [0.2, 0.25) is 0 Å². The molecule has 12 heteroatoms. The van der Waals surface area contributed by atoms with Gasteiger partial charge in [0.05, 0.1) is 60.9 Å². The molecule has 12 nitrogen and oxygen atoms in total. The first-order valence-electron chi connectivity index (χ1n) is 20.2. The van der Waals surface area contributed by atoms with Crippen LogP contribution in [-0.4, -0.2) is 111 Å². The summed E-state index contributed by atoms with van der Waals surface area (Å²) in [5.74, 6) is -5.99. The largest absolute Gasteiger partial charge is 0.481 e. The van der Waals surface area contributed by atoms with E-state index >= 15 is 0 Å². The topological polar surface area (TPSA) is 174 Å². The van der Waals surface area contributed by atoms with Gasteiger partial charge in [-0.15, -0.1) is 0 Å². The van der Waals surface area contributed by atoms with Crippen molar-refractivity contribution in [2.45, 2.75) is 180 Å². The lowest BCUT2D eigenvalue weighted by Gasteiger charge is -2.52. The third kappa shape index (κ3) is 8.16. The quantitative estimate of drug-likeness (QED) is 0.178. The molecular weight excluding hydrogens is 684 g/mol. The van der Waals surface area contributed by atoms with Gasteiger partial charge in [-0.3, -0.25) is 4.79 Å². The lowest BCUT2D eigenvalue weighted by Crippen LogP contribution is -2.62. The van der Waals surface area contributed by atoms with Crippen LogP contribution in [0.15, 0.2) is 11.6 Å². The molecule has 5 heterocycles. The number of aliphatic carboxylic acids is 1. The number of carbonyl (C=O) groups is 1. The summed E-state index contributed by atoms with van der Waals surface area (Å²) in [6.45, 7) is 19.3. The molecule has 306 valence electrons. The monoisotopic (exact) mass is 754 g/mol. The number of carboxylic acid groups (broad SMARTS) is 1. The van der Waals surface area contributed by atoms with Gasteiger partial charge >= 0.3 is 5.97 Å². The van der Waals surface area contributed by atoms with Crippen molar-refractivity contribution in [3.63, 3.8) is 0 Å². The Labute approximate surface area is 316 Å². The number of hydrogen-bond donors (Lipinski definition) is 5. The molecule has 0 aromatic rings. The minimum atomic E-state index is -1.64. The van der Waals surface area contributed by atoms with E-state index < -0.39 is 72.0 Å². The maximum Gasteiger partial charge on any atom is 0.306 e. The van der Waals surface area contributed by atoms with E-state index in [1.54, 1.807) is 14.0 Å². The summed E-state index contributed by atoms with van der Waals surface area (Å²) in [6.07, 6.45) is 2.32. The maximum absolute atomic E-state index is 11.6. The van der Waals surface area contributed by atoms with E-state index in [0.29, 0.717) is 44.9 Å². The molecule has 0 aromatic carbocycles. The second kappa shape index (κ2) is 16.0. The van der Waals surface area contributed by atoms with Crippen molar-refractivity contribution >= 4 is 5.97 Å². The van der Waals surface area contributed by atoms with E-state index in [1.165, 1.54) is 0 Å². The zero-order valence-corrected chi connectivity index (χ0v) is 34.0. The molecule has 0 aromatic heterocycles. The summed E-state index contributed by atoms with van der Waals surface area (Å²) in [5.41, 5.74) is 0.150. The van der Waals surface area contributed by atoms with Gasteiger partial charge in [-0.2, -0.15) is 0 Å². The summed E-state index contributed by atoms with van der Waals surface area (Å²) in [4.78, 5) is 11.5. The fourth-order valence-electron chi connectivity index (χ4n) is 10.6. The van der Waals surface area contributed by atoms with Crippen LogP contribution in [0.1, 0.15) is 114 Å². The van der Waals surface area contributed by atoms with Crippen LogP contribution in [0.5, 0.6) is 0 Å². The van der Waals surface area contributed by atoms with Gasteiger partial charge in [0.15, 0.2) is 17.4 Å². The van der Waals surface area contributed by atoms with Crippen LogP contribution in [0.4, 0.5) is 0 Å². The number of methoxy groups -OCH3 is 1. The van der Waals surface area contributed by atoms with E-state index in [0.717, 1.165) is 5.57 Å². The second-order valence-electron chi connectivity index (χ2n) is 18.3. The summed E-state index contributed by atoms with van der Waals surface area (Å²) in [7, 11) is 1.65. The standard InChI is InChI=1S/C41H70O12/c1-21(34(48-11)22(2)15-25(5)37(45)46)14-23(3)35-28(8)31(44)19-39(51-35)13-12-38(10,53-39)33-18-30(43)29(9)41(50-33)27(7)17-32(49-41)36-24(4)16-26(6)40(47,20-42)52-36/h14,22-36,42-44,47H,12-13,15-20H2,1-11H3,(H,45,46)/b21-14+. The predicted octanol–water partition coefficient (Wildman–Crippen LogP) is 5.03. The highest BCUT2D eigenvalue weighted by Gasteiger charge is 2.64. The molecule has 53 heavy (non-hydrogen) atoms. The van der Waals surface area contributed by atoms with E-state index in [4.69, 9.17) is 28.4 Å². The highest BCUT2D eigenvalue weighted by Crippen LogP contribution is 2.56. The van der Waals surface area contributed by atoms with Gasteiger partial charge in [0.1, 0.15) is 0 Å². The van der Waals surface area contributed by atoms with Crippen molar-refractivity contribution in [2.24, 2.45) is 47.3 Å². The Bertz CT molecular complexity index is 1310. The summed E-state index contributed by atoms with van der Waals surface area (Å²) < 4.78 is 39.8. The molecule has 0 saturated carbocycles. The van der Waals surface area contributed by atoms with E-state index in [2.05, 4.69) is 26.8 Å². The first kappa shape index (κ1) is 42.9. The lowest BCUT2D eigenvalue weighted by atomic mass is 9.77. The second-order valence-corrected chi connectivity index (χ2v) is 18.3. The highest BCUT2D eigenvalue weighted by atomic mass is 16.8. The number of aliphatic hydroxyl groups excluding tert-OH is 3. The van der Waals surface area contributed by atoms with Gasteiger partial charge < -0.3 is 54.0 Å². The molecule has 2 spiro atoms. The number of hydrogen-bond acceptors (Lipinski definition) is 11. The van der Waals surface area contributed by atoms with Gasteiger partial charge in [-0.05, 0) is 56.9 Å². The van der Waals surface area contributed by atoms with Crippen LogP contribution in [-0.2, 0) is 33.2 Å². The molecule has 0 aliphatic carbocycles. The van der Waals surface area contributed by atoms with Gasteiger partial charge in [-0.1, -0.05) is 61.5 Å². The van der Waals surface area contributed by atoms with Crippen molar-refractivity contribution in [1.29, 1.82) is 0 Å². The van der Waals surface area contributed by atoms with Crippen LogP contribution in [0, 0.1) is 47.3 Å². The Morgan fingerprint density at radius 3 is 2.25 bits per heavy atom. The molecule has 0 bridgehead atoms. The first-order valence-corrected chi connectivity index (χ1v) is 20.2. The summed E-state index contributed by atoms with van der Waals surface area (Å²) >= 11 is 0. The zero-order valence-electron chi connectivity index (χ0n) is 34.0. The fraction of sp³-hybridized carbons (Fsp3) is 0.927. The van der Waals surface area contributed by atoms with Crippen molar-refractivity contribution in [3.8, 4) is 0 Å². The van der Waals surface area contributed by atoms with Crippen LogP contribution in [0.3, 0.4) is 0 Å². The van der Waals surface area contributed by atoms with Crippen molar-refractivity contribution in [1.82, 2.24) is 0 Å². The SMILES string of the molecule is COC(/C(C)=C/C(C)C1OC2(CCC(C)(C3CC(O)C(C)C4(OC(C5OC(O)(CO)C(C)CC5C)CC4C)O3)O2)CC(O)C1C)C(C)CC(C)C(=O)O. The van der Waals surface area contributed by atoms with Gasteiger partial charge in [0.25, 0.3) is 0 Å². The summed E-state index contributed by atoms with van der Waals surface area (Å²) in [5, 5.41) is 53.6. The molecule has 19 unspecified atom stereocenters. The van der Waals surface area contributed by atoms with Gasteiger partial charge in [-0.25, -0.2) is 0 Å². The highest BCUT2D eigenvalue weighted by molar-refractivity contribution is 5.69. The number of ether oxygens (including phenoxy) is 6. The van der Waals surface area contributed by atoms with E-state index in [9.17, 15) is 30.3 Å². The Balaban J connectivity index is 1.32. The van der Waals surface area contributed by atoms with Crippen molar-refractivity contribution in [2.75, 3.05) is 13.7 Å². The smallest absolute Gasteiger partial charge is 0.306 e. The van der Waals surface area contributed by atoms with Crippen molar-refractivity contribution in [3.05, 3.63) is 11.6 Å². The summed E-state index contributed by atoms with van der Waals surface area (Å²) in [6, 6.07) is 0. The molecule has 19 atom stereocenters. The molecule has 5 fully saturated rings. The molecular formula is C41H70O12. The van der Waals surface area contributed by atoms with Gasteiger partial charge in [0.2, 0.25) is 0 Å². The average Bonchev–Trinajstić information content (AvgIpc) is 3.59. The first-order chi connectivity index (χ1) is 24.6. The Hall–Kier alpha value is -1.19.